The Morgan fingerprint density at radius 1 is 0.865 bits per heavy atom. The van der Waals surface area contributed by atoms with Gasteiger partial charge in [0.2, 0.25) is 0 Å². The summed E-state index contributed by atoms with van der Waals surface area (Å²) in [5.41, 5.74) is -0.811. The van der Waals surface area contributed by atoms with Crippen LogP contribution in [0.15, 0.2) is 54.0 Å². The van der Waals surface area contributed by atoms with E-state index in [9.17, 15) is 22.8 Å². The van der Waals surface area contributed by atoms with Crippen molar-refractivity contribution in [1.29, 1.82) is 0 Å². The third-order valence-electron chi connectivity index (χ3n) is 6.88. The molecule has 37 heavy (non-hydrogen) atoms. The van der Waals surface area contributed by atoms with Gasteiger partial charge in [0.05, 0.1) is 16.1 Å². The summed E-state index contributed by atoms with van der Waals surface area (Å²) in [7, 11) is 0. The second kappa shape index (κ2) is 10.5. The molecule has 0 spiro atoms. The van der Waals surface area contributed by atoms with Crippen molar-refractivity contribution in [2.75, 3.05) is 44.2 Å². The summed E-state index contributed by atoms with van der Waals surface area (Å²) in [6, 6.07) is 10.7. The Hall–Kier alpha value is -3.47. The minimum Gasteiger partial charge on any atom is -0.353 e. The van der Waals surface area contributed by atoms with E-state index in [1.54, 1.807) is 16.5 Å². The molecule has 2 aliphatic rings. The number of nitrogens with zero attached hydrogens (tertiary/aromatic N) is 5. The zero-order valence-electron chi connectivity index (χ0n) is 20.0. The first kappa shape index (κ1) is 25.2. The van der Waals surface area contributed by atoms with Crippen LogP contribution in [0.25, 0.3) is 0 Å². The van der Waals surface area contributed by atoms with Crippen molar-refractivity contribution in [3.05, 3.63) is 75.9 Å². The van der Waals surface area contributed by atoms with Crippen LogP contribution in [0, 0.1) is 0 Å². The van der Waals surface area contributed by atoms with Gasteiger partial charge in [-0.2, -0.15) is 13.2 Å². The molecule has 2 saturated heterocycles. The number of piperazine rings is 1. The Morgan fingerprint density at radius 2 is 1.54 bits per heavy atom. The molecule has 2 fully saturated rings. The Labute approximate surface area is 216 Å². The van der Waals surface area contributed by atoms with Gasteiger partial charge in [0.25, 0.3) is 11.8 Å². The topological polar surface area (TPSA) is 69.6 Å². The summed E-state index contributed by atoms with van der Waals surface area (Å²) < 4.78 is 40.0. The first-order chi connectivity index (χ1) is 17.8. The average Bonchev–Trinajstić information content (AvgIpc) is 3.43. The molecule has 1 aromatic carbocycles. The predicted molar refractivity (Wildman–Crippen MR) is 134 cm³/mol. The minimum atomic E-state index is -4.58. The Balaban J connectivity index is 1.17. The molecule has 0 radical (unpaired) electrons. The smallest absolute Gasteiger partial charge is 0.353 e. The number of pyridine rings is 1. The van der Waals surface area contributed by atoms with Gasteiger partial charge in [0, 0.05) is 56.8 Å². The Morgan fingerprint density at radius 3 is 2.22 bits per heavy atom. The fourth-order valence-electron chi connectivity index (χ4n) is 4.83. The maximum absolute atomic E-state index is 13.3. The minimum absolute atomic E-state index is 0.0643. The van der Waals surface area contributed by atoms with E-state index in [1.807, 2.05) is 18.2 Å². The highest BCUT2D eigenvalue weighted by atomic mass is 32.1. The molecular weight excluding hydrogens is 503 g/mol. The fourth-order valence-corrected chi connectivity index (χ4v) is 5.80. The summed E-state index contributed by atoms with van der Waals surface area (Å²) in [6.07, 6.45) is -1.65. The Kier molecular flexibility index (Phi) is 7.14. The molecule has 4 heterocycles. The second-order valence-electron chi connectivity index (χ2n) is 9.15. The lowest BCUT2D eigenvalue weighted by molar-refractivity contribution is -0.138. The number of carbonyl (C=O) groups excluding carboxylic acids is 2. The SMILES string of the molecule is O=C(c1csc(C2CCN(C(=O)c3ccccc3C(F)(F)F)CC2)n1)N1CCN(c2ccccn2)CC1. The van der Waals surface area contributed by atoms with E-state index < -0.39 is 17.6 Å². The molecule has 11 heteroatoms. The van der Waals surface area contributed by atoms with Gasteiger partial charge in [0.15, 0.2) is 0 Å². The van der Waals surface area contributed by atoms with E-state index in [4.69, 9.17) is 0 Å². The molecular formula is C26H26F3N5O2S. The lowest BCUT2D eigenvalue weighted by Gasteiger charge is -2.35. The zero-order chi connectivity index (χ0) is 26.0. The first-order valence-electron chi connectivity index (χ1n) is 12.2. The highest BCUT2D eigenvalue weighted by molar-refractivity contribution is 7.09. The van der Waals surface area contributed by atoms with Crippen LogP contribution in [0.5, 0.6) is 0 Å². The van der Waals surface area contributed by atoms with Crippen molar-refractivity contribution in [2.45, 2.75) is 24.9 Å². The number of rotatable bonds is 4. The normalized spacial score (nSPS) is 17.2. The molecule has 2 aliphatic heterocycles. The van der Waals surface area contributed by atoms with Gasteiger partial charge >= 0.3 is 6.18 Å². The molecule has 7 nitrogen and oxygen atoms in total. The number of piperidine rings is 1. The van der Waals surface area contributed by atoms with E-state index >= 15 is 0 Å². The van der Waals surface area contributed by atoms with Crippen molar-refractivity contribution < 1.29 is 22.8 Å². The number of likely N-dealkylation sites (tertiary alicyclic amines) is 1. The van der Waals surface area contributed by atoms with Crippen LogP contribution in [-0.4, -0.2) is 70.9 Å². The van der Waals surface area contributed by atoms with E-state index in [-0.39, 0.29) is 17.4 Å². The number of anilines is 1. The molecule has 0 unspecified atom stereocenters. The summed E-state index contributed by atoms with van der Waals surface area (Å²) >= 11 is 1.43. The van der Waals surface area contributed by atoms with Crippen molar-refractivity contribution >= 4 is 29.0 Å². The highest BCUT2D eigenvalue weighted by Gasteiger charge is 2.37. The average molecular weight is 530 g/mol. The monoisotopic (exact) mass is 529 g/mol. The standard InChI is InChI=1S/C26H26F3N5O2S/c27-26(28,29)20-6-2-1-5-19(20)24(35)33-11-8-18(9-12-33)23-31-21(17-37-23)25(36)34-15-13-32(14-16-34)22-7-3-4-10-30-22/h1-7,10,17-18H,8-9,11-16H2. The van der Waals surface area contributed by atoms with Crippen LogP contribution in [0.2, 0.25) is 0 Å². The zero-order valence-corrected chi connectivity index (χ0v) is 20.8. The number of thiazole rings is 1. The van der Waals surface area contributed by atoms with Crippen molar-refractivity contribution in [2.24, 2.45) is 0 Å². The van der Waals surface area contributed by atoms with Gasteiger partial charge in [-0.1, -0.05) is 18.2 Å². The first-order valence-corrected chi connectivity index (χ1v) is 13.1. The second-order valence-corrected chi connectivity index (χ2v) is 10.0. The molecule has 3 aromatic rings. The molecule has 0 bridgehead atoms. The van der Waals surface area contributed by atoms with E-state index in [0.29, 0.717) is 57.8 Å². The molecule has 2 amide bonds. The molecule has 2 aromatic heterocycles. The third-order valence-corrected chi connectivity index (χ3v) is 7.88. The number of hydrogen-bond donors (Lipinski definition) is 0. The number of alkyl halides is 3. The van der Waals surface area contributed by atoms with Gasteiger partial charge in [-0.25, -0.2) is 9.97 Å². The van der Waals surface area contributed by atoms with Gasteiger partial charge in [-0.05, 0) is 37.1 Å². The highest BCUT2D eigenvalue weighted by Crippen LogP contribution is 2.35. The van der Waals surface area contributed by atoms with Crippen LogP contribution < -0.4 is 4.90 Å². The summed E-state index contributed by atoms with van der Waals surface area (Å²) in [6.45, 7) is 3.25. The van der Waals surface area contributed by atoms with E-state index in [1.165, 1.54) is 34.4 Å². The molecule has 0 atom stereocenters. The number of carbonyl (C=O) groups is 2. The van der Waals surface area contributed by atoms with Crippen molar-refractivity contribution in [3.63, 3.8) is 0 Å². The van der Waals surface area contributed by atoms with Crippen molar-refractivity contribution in [1.82, 2.24) is 19.8 Å². The molecule has 194 valence electrons. The summed E-state index contributed by atoms with van der Waals surface area (Å²) in [4.78, 5) is 40.3. The number of amides is 2. The largest absolute Gasteiger partial charge is 0.417 e. The summed E-state index contributed by atoms with van der Waals surface area (Å²) in [5.74, 6) is 0.262. The van der Waals surface area contributed by atoms with Crippen molar-refractivity contribution in [3.8, 4) is 0 Å². The maximum atomic E-state index is 13.3. The van der Waals surface area contributed by atoms with Gasteiger partial charge in [0.1, 0.15) is 11.5 Å². The predicted octanol–water partition coefficient (Wildman–Crippen LogP) is 4.54. The van der Waals surface area contributed by atoms with E-state index in [2.05, 4.69) is 14.9 Å². The van der Waals surface area contributed by atoms with Crippen LogP contribution in [0.1, 0.15) is 50.2 Å². The molecule has 0 saturated carbocycles. The summed E-state index contributed by atoms with van der Waals surface area (Å²) in [5, 5.41) is 2.61. The van der Waals surface area contributed by atoms with Gasteiger partial charge < -0.3 is 14.7 Å². The molecule has 0 N–H and O–H groups in total. The van der Waals surface area contributed by atoms with Crippen LogP contribution >= 0.6 is 11.3 Å². The lowest BCUT2D eigenvalue weighted by atomic mass is 9.96. The van der Waals surface area contributed by atoms with Crippen LogP contribution in [-0.2, 0) is 6.18 Å². The lowest BCUT2D eigenvalue weighted by Crippen LogP contribution is -2.49. The number of benzene rings is 1. The van der Waals surface area contributed by atoms with Crippen LogP contribution in [0.3, 0.4) is 0 Å². The maximum Gasteiger partial charge on any atom is 0.417 e. The fraction of sp³-hybridized carbons (Fsp3) is 0.385. The quantitative estimate of drug-likeness (QED) is 0.497. The number of aromatic nitrogens is 2. The van der Waals surface area contributed by atoms with Gasteiger partial charge in [-0.15, -0.1) is 11.3 Å². The third kappa shape index (κ3) is 5.46. The molecule has 0 aliphatic carbocycles. The molecule has 5 rings (SSSR count). The van der Waals surface area contributed by atoms with Crippen LogP contribution in [0.4, 0.5) is 19.0 Å². The number of hydrogen-bond acceptors (Lipinski definition) is 6. The van der Waals surface area contributed by atoms with E-state index in [0.717, 1.165) is 16.9 Å². The Bertz CT molecular complexity index is 1250. The number of halogens is 3. The van der Waals surface area contributed by atoms with Gasteiger partial charge in [-0.3, -0.25) is 9.59 Å².